The fourth-order valence-corrected chi connectivity index (χ4v) is 2.43. The molecule has 0 unspecified atom stereocenters. The summed E-state index contributed by atoms with van der Waals surface area (Å²) in [6.45, 7) is 2.93. The highest BCUT2D eigenvalue weighted by Crippen LogP contribution is 2.23. The molecule has 0 bridgehead atoms. The maximum Gasteiger partial charge on any atom is 0.0657 e. The van der Waals surface area contributed by atoms with Gasteiger partial charge in [0.15, 0.2) is 0 Å². The highest BCUT2D eigenvalue weighted by atomic mass is 79.9. The van der Waals surface area contributed by atoms with E-state index in [1.54, 1.807) is 0 Å². The minimum atomic E-state index is 0.741. The summed E-state index contributed by atoms with van der Waals surface area (Å²) in [5.74, 6) is 0. The normalized spacial score (nSPS) is 15.0. The van der Waals surface area contributed by atoms with Crippen LogP contribution in [0, 0.1) is 6.92 Å². The molecule has 1 fully saturated rings. The number of aryl methyl sites for hydroxylation is 1. The van der Waals surface area contributed by atoms with Gasteiger partial charge in [0, 0.05) is 23.3 Å². The predicted octanol–water partition coefficient (Wildman–Crippen LogP) is 3.20. The molecular formula is C14H16BrN3. The molecule has 3 rings (SSSR count). The van der Waals surface area contributed by atoms with E-state index in [2.05, 4.69) is 44.5 Å². The molecule has 0 amide bonds. The van der Waals surface area contributed by atoms with Gasteiger partial charge in [0.05, 0.1) is 11.4 Å². The molecule has 1 aromatic carbocycles. The quantitative estimate of drug-likeness (QED) is 0.940. The number of rotatable bonds is 4. The van der Waals surface area contributed by atoms with Crippen molar-refractivity contribution in [3.8, 4) is 5.69 Å². The highest BCUT2D eigenvalue weighted by Gasteiger charge is 2.20. The fraction of sp³-hybridized carbons (Fsp3) is 0.357. The van der Waals surface area contributed by atoms with E-state index in [1.165, 1.54) is 18.4 Å². The van der Waals surface area contributed by atoms with E-state index in [0.717, 1.165) is 28.4 Å². The number of benzene rings is 1. The third kappa shape index (κ3) is 2.65. The SMILES string of the molecule is Cc1ccn(-c2ccc(CNC3CC3)c(Br)c2)n1. The summed E-state index contributed by atoms with van der Waals surface area (Å²) >= 11 is 3.64. The van der Waals surface area contributed by atoms with Crippen LogP contribution >= 0.6 is 15.9 Å². The van der Waals surface area contributed by atoms with Crippen LogP contribution in [-0.2, 0) is 6.54 Å². The number of nitrogens with zero attached hydrogens (tertiary/aromatic N) is 2. The minimum absolute atomic E-state index is 0.741. The van der Waals surface area contributed by atoms with Crippen molar-refractivity contribution in [3.63, 3.8) is 0 Å². The smallest absolute Gasteiger partial charge is 0.0657 e. The van der Waals surface area contributed by atoms with Gasteiger partial charge < -0.3 is 5.32 Å². The zero-order chi connectivity index (χ0) is 12.5. The Morgan fingerprint density at radius 1 is 1.39 bits per heavy atom. The number of halogens is 1. The molecular weight excluding hydrogens is 290 g/mol. The molecule has 0 aliphatic heterocycles. The second-order valence-corrected chi connectivity index (χ2v) is 5.69. The van der Waals surface area contributed by atoms with Gasteiger partial charge >= 0.3 is 0 Å². The first kappa shape index (κ1) is 11.9. The molecule has 1 aliphatic rings. The molecule has 1 saturated carbocycles. The van der Waals surface area contributed by atoms with Gasteiger partial charge in [-0.05, 0) is 43.5 Å². The van der Waals surface area contributed by atoms with Gasteiger partial charge in [0.1, 0.15) is 0 Å². The van der Waals surface area contributed by atoms with Crippen LogP contribution in [0.5, 0.6) is 0 Å². The van der Waals surface area contributed by atoms with Gasteiger partial charge in [0.25, 0.3) is 0 Å². The lowest BCUT2D eigenvalue weighted by Gasteiger charge is -2.08. The highest BCUT2D eigenvalue weighted by molar-refractivity contribution is 9.10. The van der Waals surface area contributed by atoms with Gasteiger partial charge in [-0.25, -0.2) is 4.68 Å². The van der Waals surface area contributed by atoms with E-state index in [4.69, 9.17) is 0 Å². The first-order valence-electron chi connectivity index (χ1n) is 6.27. The molecule has 0 atom stereocenters. The van der Waals surface area contributed by atoms with E-state index in [9.17, 15) is 0 Å². The molecule has 94 valence electrons. The number of hydrogen-bond acceptors (Lipinski definition) is 2. The molecule has 4 heteroatoms. The average molecular weight is 306 g/mol. The van der Waals surface area contributed by atoms with Gasteiger partial charge in [-0.15, -0.1) is 0 Å². The van der Waals surface area contributed by atoms with Crippen LogP contribution in [0.1, 0.15) is 24.1 Å². The van der Waals surface area contributed by atoms with Crippen molar-refractivity contribution in [1.29, 1.82) is 0 Å². The summed E-state index contributed by atoms with van der Waals surface area (Å²) < 4.78 is 3.04. The standard InChI is InChI=1S/C14H16BrN3/c1-10-6-7-18(17-10)13-5-2-11(14(15)8-13)9-16-12-3-4-12/h2,5-8,12,16H,3-4,9H2,1H3. The van der Waals surface area contributed by atoms with E-state index < -0.39 is 0 Å². The Labute approximate surface area is 115 Å². The Hall–Kier alpha value is -1.13. The zero-order valence-corrected chi connectivity index (χ0v) is 11.9. The van der Waals surface area contributed by atoms with Crippen molar-refractivity contribution in [2.24, 2.45) is 0 Å². The zero-order valence-electron chi connectivity index (χ0n) is 10.4. The van der Waals surface area contributed by atoms with E-state index in [0.29, 0.717) is 0 Å². The lowest BCUT2D eigenvalue weighted by Crippen LogP contribution is -2.15. The van der Waals surface area contributed by atoms with E-state index in [1.807, 2.05) is 23.9 Å². The summed E-state index contributed by atoms with van der Waals surface area (Å²) in [5, 5.41) is 7.94. The molecule has 2 aromatic rings. The van der Waals surface area contributed by atoms with Crippen LogP contribution < -0.4 is 5.32 Å². The van der Waals surface area contributed by atoms with Crippen molar-refractivity contribution in [3.05, 3.63) is 46.2 Å². The van der Waals surface area contributed by atoms with Crippen LogP contribution in [0.3, 0.4) is 0 Å². The Bertz CT molecular complexity index is 558. The van der Waals surface area contributed by atoms with Crippen molar-refractivity contribution in [1.82, 2.24) is 15.1 Å². The third-order valence-electron chi connectivity index (χ3n) is 3.18. The second kappa shape index (κ2) is 4.86. The monoisotopic (exact) mass is 305 g/mol. The number of aromatic nitrogens is 2. The number of hydrogen-bond donors (Lipinski definition) is 1. The summed E-state index contributed by atoms with van der Waals surface area (Å²) in [5.41, 5.74) is 3.42. The van der Waals surface area contributed by atoms with Gasteiger partial charge in [-0.2, -0.15) is 5.10 Å². The van der Waals surface area contributed by atoms with Crippen LogP contribution in [0.2, 0.25) is 0 Å². The Morgan fingerprint density at radius 3 is 2.83 bits per heavy atom. The molecule has 1 aromatic heterocycles. The predicted molar refractivity (Wildman–Crippen MR) is 75.9 cm³/mol. The van der Waals surface area contributed by atoms with Crippen molar-refractivity contribution in [2.45, 2.75) is 32.4 Å². The molecule has 3 nitrogen and oxygen atoms in total. The third-order valence-corrected chi connectivity index (χ3v) is 3.92. The lowest BCUT2D eigenvalue weighted by molar-refractivity contribution is 0.685. The van der Waals surface area contributed by atoms with Crippen LogP contribution in [0.25, 0.3) is 5.69 Å². The molecule has 0 saturated heterocycles. The first-order valence-corrected chi connectivity index (χ1v) is 7.06. The Kier molecular flexibility index (Phi) is 3.22. The molecule has 1 aliphatic carbocycles. The van der Waals surface area contributed by atoms with Crippen molar-refractivity contribution in [2.75, 3.05) is 0 Å². The largest absolute Gasteiger partial charge is 0.310 e. The van der Waals surface area contributed by atoms with Gasteiger partial charge in [-0.1, -0.05) is 22.0 Å². The Morgan fingerprint density at radius 2 is 2.22 bits per heavy atom. The first-order chi connectivity index (χ1) is 8.72. The van der Waals surface area contributed by atoms with E-state index in [-0.39, 0.29) is 0 Å². The topological polar surface area (TPSA) is 29.9 Å². The van der Waals surface area contributed by atoms with Crippen molar-refractivity contribution >= 4 is 15.9 Å². The minimum Gasteiger partial charge on any atom is -0.310 e. The lowest BCUT2D eigenvalue weighted by atomic mass is 10.2. The average Bonchev–Trinajstić information content (AvgIpc) is 3.08. The Balaban J connectivity index is 1.79. The van der Waals surface area contributed by atoms with Crippen molar-refractivity contribution < 1.29 is 0 Å². The van der Waals surface area contributed by atoms with Gasteiger partial charge in [-0.3, -0.25) is 0 Å². The summed E-state index contributed by atoms with van der Waals surface area (Å²) in [4.78, 5) is 0. The van der Waals surface area contributed by atoms with Crippen LogP contribution in [0.15, 0.2) is 34.9 Å². The molecule has 18 heavy (non-hydrogen) atoms. The molecule has 1 N–H and O–H groups in total. The molecule has 0 spiro atoms. The maximum absolute atomic E-state index is 4.42. The summed E-state index contributed by atoms with van der Waals surface area (Å²) in [6.07, 6.45) is 4.63. The molecule has 1 heterocycles. The second-order valence-electron chi connectivity index (χ2n) is 4.83. The number of nitrogens with one attached hydrogen (secondary N) is 1. The summed E-state index contributed by atoms with van der Waals surface area (Å²) in [6, 6.07) is 9.14. The summed E-state index contributed by atoms with van der Waals surface area (Å²) in [7, 11) is 0. The maximum atomic E-state index is 4.42. The van der Waals surface area contributed by atoms with Gasteiger partial charge in [0.2, 0.25) is 0 Å². The molecule has 0 radical (unpaired) electrons. The fourth-order valence-electron chi connectivity index (χ4n) is 1.92. The van der Waals surface area contributed by atoms with Crippen LogP contribution in [0.4, 0.5) is 0 Å². The van der Waals surface area contributed by atoms with Crippen LogP contribution in [-0.4, -0.2) is 15.8 Å². The van der Waals surface area contributed by atoms with E-state index >= 15 is 0 Å².